The Labute approximate surface area is 124 Å². The maximum absolute atomic E-state index is 4.60. The lowest BCUT2D eigenvalue weighted by atomic mass is 9.97. The molecule has 0 spiro atoms. The first-order valence-electron chi connectivity index (χ1n) is 7.06. The molecule has 21 heavy (non-hydrogen) atoms. The smallest absolute Gasteiger partial charge is 0.0845 e. The largest absolute Gasteiger partial charge is 0.313 e. The van der Waals surface area contributed by atoms with E-state index in [0.29, 0.717) is 0 Å². The molecular weight excluding hydrogens is 262 g/mol. The Morgan fingerprint density at radius 2 is 2.10 bits per heavy atom. The zero-order valence-corrected chi connectivity index (χ0v) is 12.5. The first kappa shape index (κ1) is 13.7. The fraction of sp³-hybridized carbons (Fsp3) is 0.312. The van der Waals surface area contributed by atoms with E-state index in [4.69, 9.17) is 0 Å². The Hall–Kier alpha value is -2.27. The van der Waals surface area contributed by atoms with Crippen LogP contribution in [-0.2, 0) is 13.5 Å². The Morgan fingerprint density at radius 3 is 2.81 bits per heavy atom. The highest BCUT2D eigenvalue weighted by atomic mass is 15.4. The minimum absolute atomic E-state index is 0.188. The first-order valence-corrected chi connectivity index (χ1v) is 7.06. The number of para-hydroxylation sites is 1. The third-order valence-corrected chi connectivity index (χ3v) is 3.66. The van der Waals surface area contributed by atoms with E-state index in [1.807, 2.05) is 33.3 Å². The molecule has 1 atom stereocenters. The van der Waals surface area contributed by atoms with Gasteiger partial charge in [-0.25, -0.2) is 0 Å². The molecule has 0 amide bonds. The van der Waals surface area contributed by atoms with Gasteiger partial charge in [-0.1, -0.05) is 23.4 Å². The van der Waals surface area contributed by atoms with Crippen LogP contribution < -0.4 is 5.32 Å². The molecule has 0 saturated heterocycles. The van der Waals surface area contributed by atoms with Gasteiger partial charge in [0.15, 0.2) is 0 Å². The van der Waals surface area contributed by atoms with E-state index in [1.54, 1.807) is 4.68 Å². The van der Waals surface area contributed by atoms with Crippen molar-refractivity contribution in [1.29, 1.82) is 0 Å². The van der Waals surface area contributed by atoms with Crippen LogP contribution >= 0.6 is 0 Å². The summed E-state index contributed by atoms with van der Waals surface area (Å²) in [7, 11) is 3.86. The standard InChI is InChI=1S/C16H19N5/c1-11-8-14(13-6-4-5-7-15(13)18-11)16(17-2)9-12-10-21(3)20-19-12/h4-8,10,16-17H,9H2,1-3H3. The van der Waals surface area contributed by atoms with E-state index in [-0.39, 0.29) is 6.04 Å². The minimum atomic E-state index is 0.188. The third kappa shape index (κ3) is 2.78. The molecule has 2 aromatic heterocycles. The fourth-order valence-corrected chi connectivity index (χ4v) is 2.69. The van der Waals surface area contributed by atoms with Crippen molar-refractivity contribution in [1.82, 2.24) is 25.3 Å². The number of hydrogen-bond acceptors (Lipinski definition) is 4. The predicted octanol–water partition coefficient (Wildman–Crippen LogP) is 2.17. The number of benzene rings is 1. The van der Waals surface area contributed by atoms with Gasteiger partial charge in [-0.2, -0.15) is 0 Å². The topological polar surface area (TPSA) is 55.6 Å². The fourth-order valence-electron chi connectivity index (χ4n) is 2.69. The molecule has 1 unspecified atom stereocenters. The third-order valence-electron chi connectivity index (χ3n) is 3.66. The summed E-state index contributed by atoms with van der Waals surface area (Å²) in [6.45, 7) is 2.03. The molecular formula is C16H19N5. The lowest BCUT2D eigenvalue weighted by molar-refractivity contribution is 0.586. The molecule has 5 nitrogen and oxygen atoms in total. The maximum atomic E-state index is 4.60. The second kappa shape index (κ2) is 5.61. The maximum Gasteiger partial charge on any atom is 0.0845 e. The normalized spacial score (nSPS) is 12.7. The summed E-state index contributed by atoms with van der Waals surface area (Å²) in [5.41, 5.74) is 4.30. The summed E-state index contributed by atoms with van der Waals surface area (Å²) in [6.07, 6.45) is 2.76. The predicted molar refractivity (Wildman–Crippen MR) is 83.0 cm³/mol. The second-order valence-corrected chi connectivity index (χ2v) is 5.30. The van der Waals surface area contributed by atoms with Crippen molar-refractivity contribution in [3.63, 3.8) is 0 Å². The van der Waals surface area contributed by atoms with Gasteiger partial charge in [0.1, 0.15) is 0 Å². The molecule has 0 aliphatic carbocycles. The SMILES string of the molecule is CNC(Cc1cn(C)nn1)c1cc(C)nc2ccccc12. The molecule has 0 fully saturated rings. The molecule has 0 aliphatic heterocycles. The van der Waals surface area contributed by atoms with Crippen molar-refractivity contribution in [3.05, 3.63) is 53.5 Å². The van der Waals surface area contributed by atoms with Crippen molar-refractivity contribution < 1.29 is 0 Å². The van der Waals surface area contributed by atoms with E-state index in [0.717, 1.165) is 23.3 Å². The van der Waals surface area contributed by atoms with Crippen LogP contribution in [0.1, 0.15) is 23.0 Å². The van der Waals surface area contributed by atoms with Crippen LogP contribution in [-0.4, -0.2) is 27.0 Å². The van der Waals surface area contributed by atoms with Gasteiger partial charge in [0.05, 0.1) is 11.2 Å². The lowest BCUT2D eigenvalue weighted by Crippen LogP contribution is -2.19. The molecule has 5 heteroatoms. The minimum Gasteiger partial charge on any atom is -0.313 e. The summed E-state index contributed by atoms with van der Waals surface area (Å²) >= 11 is 0. The second-order valence-electron chi connectivity index (χ2n) is 5.30. The van der Waals surface area contributed by atoms with Gasteiger partial charge in [0.25, 0.3) is 0 Å². The number of nitrogens with zero attached hydrogens (tertiary/aromatic N) is 4. The Morgan fingerprint density at radius 1 is 1.29 bits per heavy atom. The molecule has 0 bridgehead atoms. The average Bonchev–Trinajstić information content (AvgIpc) is 2.89. The number of fused-ring (bicyclic) bond motifs is 1. The highest BCUT2D eigenvalue weighted by Crippen LogP contribution is 2.26. The number of hydrogen-bond donors (Lipinski definition) is 1. The average molecular weight is 281 g/mol. The monoisotopic (exact) mass is 281 g/mol. The number of aromatic nitrogens is 4. The van der Waals surface area contributed by atoms with E-state index in [9.17, 15) is 0 Å². The summed E-state index contributed by atoms with van der Waals surface area (Å²) in [4.78, 5) is 4.60. The summed E-state index contributed by atoms with van der Waals surface area (Å²) < 4.78 is 1.73. The van der Waals surface area contributed by atoms with Crippen LogP contribution in [0, 0.1) is 6.92 Å². The summed E-state index contributed by atoms with van der Waals surface area (Å²) in [6, 6.07) is 10.6. The number of rotatable bonds is 4. The number of likely N-dealkylation sites (N-methyl/N-ethyl adjacent to an activating group) is 1. The van der Waals surface area contributed by atoms with Gasteiger partial charge in [-0.15, -0.1) is 5.10 Å². The molecule has 1 N–H and O–H groups in total. The van der Waals surface area contributed by atoms with Crippen LogP contribution in [0.4, 0.5) is 0 Å². The van der Waals surface area contributed by atoms with Crippen molar-refractivity contribution in [2.24, 2.45) is 7.05 Å². The van der Waals surface area contributed by atoms with Crippen LogP contribution in [0.2, 0.25) is 0 Å². The first-order chi connectivity index (χ1) is 10.2. The van der Waals surface area contributed by atoms with Crippen LogP contribution in [0.5, 0.6) is 0 Å². The van der Waals surface area contributed by atoms with Gasteiger partial charge in [0, 0.05) is 36.8 Å². The van der Waals surface area contributed by atoms with Gasteiger partial charge in [0.2, 0.25) is 0 Å². The van der Waals surface area contributed by atoms with Crippen LogP contribution in [0.25, 0.3) is 10.9 Å². The van der Waals surface area contributed by atoms with Crippen molar-refractivity contribution in [2.45, 2.75) is 19.4 Å². The Balaban J connectivity index is 2.04. The van der Waals surface area contributed by atoms with E-state index < -0.39 is 0 Å². The lowest BCUT2D eigenvalue weighted by Gasteiger charge is -2.18. The number of pyridine rings is 1. The summed E-state index contributed by atoms with van der Waals surface area (Å²) in [5, 5.41) is 12.8. The highest BCUT2D eigenvalue weighted by Gasteiger charge is 2.16. The van der Waals surface area contributed by atoms with Crippen molar-refractivity contribution >= 4 is 10.9 Å². The molecule has 0 radical (unpaired) electrons. The molecule has 2 heterocycles. The van der Waals surface area contributed by atoms with Gasteiger partial charge >= 0.3 is 0 Å². The number of nitrogens with one attached hydrogen (secondary N) is 1. The van der Waals surface area contributed by atoms with Crippen molar-refractivity contribution in [3.8, 4) is 0 Å². The van der Waals surface area contributed by atoms with E-state index in [2.05, 4.69) is 44.9 Å². The van der Waals surface area contributed by atoms with E-state index in [1.165, 1.54) is 10.9 Å². The van der Waals surface area contributed by atoms with Crippen molar-refractivity contribution in [2.75, 3.05) is 7.05 Å². The molecule has 0 aliphatic rings. The highest BCUT2D eigenvalue weighted by molar-refractivity contribution is 5.82. The van der Waals surface area contributed by atoms with Gasteiger partial charge < -0.3 is 5.32 Å². The molecule has 0 saturated carbocycles. The van der Waals surface area contributed by atoms with Crippen LogP contribution in [0.15, 0.2) is 36.5 Å². The zero-order chi connectivity index (χ0) is 14.8. The number of aryl methyl sites for hydroxylation is 2. The Kier molecular flexibility index (Phi) is 3.66. The molecule has 3 aromatic rings. The molecule has 1 aromatic carbocycles. The summed E-state index contributed by atoms with van der Waals surface area (Å²) in [5.74, 6) is 0. The van der Waals surface area contributed by atoms with E-state index >= 15 is 0 Å². The van der Waals surface area contributed by atoms with Gasteiger partial charge in [-0.3, -0.25) is 9.67 Å². The quantitative estimate of drug-likeness (QED) is 0.796. The van der Waals surface area contributed by atoms with Crippen LogP contribution in [0.3, 0.4) is 0 Å². The van der Waals surface area contributed by atoms with Gasteiger partial charge in [-0.05, 0) is 31.7 Å². The molecule has 3 rings (SSSR count). The molecule has 108 valence electrons. The zero-order valence-electron chi connectivity index (χ0n) is 12.5. The Bertz CT molecular complexity index is 762.